The summed E-state index contributed by atoms with van der Waals surface area (Å²) in [6.45, 7) is 5.83. The lowest BCUT2D eigenvalue weighted by Crippen LogP contribution is -2.46. The van der Waals surface area contributed by atoms with Crippen molar-refractivity contribution in [2.24, 2.45) is 0 Å². The monoisotopic (exact) mass is 539 g/mol. The van der Waals surface area contributed by atoms with Gasteiger partial charge in [0.2, 0.25) is 0 Å². The number of hydrogen-bond donors (Lipinski definition) is 2. The van der Waals surface area contributed by atoms with Crippen LogP contribution in [0.3, 0.4) is 0 Å². The molecule has 1 aliphatic heterocycles. The molecule has 1 amide bonds. The highest BCUT2D eigenvalue weighted by Gasteiger charge is 2.22. The lowest BCUT2D eigenvalue weighted by molar-refractivity contribution is -0.112. The Balaban J connectivity index is 0.00000342. The molecule has 3 aromatic rings. The van der Waals surface area contributed by atoms with E-state index >= 15 is 0 Å². The predicted molar refractivity (Wildman–Crippen MR) is 141 cm³/mol. The molecule has 0 aliphatic carbocycles. The van der Waals surface area contributed by atoms with Gasteiger partial charge in [0, 0.05) is 23.7 Å². The van der Waals surface area contributed by atoms with E-state index in [2.05, 4.69) is 32.1 Å². The van der Waals surface area contributed by atoms with Gasteiger partial charge < -0.3 is 20.1 Å². The van der Waals surface area contributed by atoms with E-state index in [1.54, 1.807) is 12.1 Å². The highest BCUT2D eigenvalue weighted by molar-refractivity contribution is 7.59. The summed E-state index contributed by atoms with van der Waals surface area (Å²) in [5.74, 6) is -0.255. The zero-order valence-corrected chi connectivity index (χ0v) is 21.3. The molecule has 0 radical (unpaired) electrons. The number of nitrogens with one attached hydrogen (secondary N) is 2. The van der Waals surface area contributed by atoms with Crippen LogP contribution in [0.15, 0.2) is 48.3 Å². The first-order valence-corrected chi connectivity index (χ1v) is 11.1. The molecule has 12 heteroatoms. The number of nitrogens with zero attached hydrogens (tertiary/aromatic N) is 3. The second-order valence-corrected chi connectivity index (χ2v) is 8.58. The third kappa shape index (κ3) is 6.53. The van der Waals surface area contributed by atoms with Crippen LogP contribution in [0.1, 0.15) is 0 Å². The Kier molecular flexibility index (Phi) is 9.15. The molecule has 1 saturated heterocycles. The summed E-state index contributed by atoms with van der Waals surface area (Å²) >= 11 is 11.7. The van der Waals surface area contributed by atoms with Crippen LogP contribution >= 0.6 is 36.7 Å². The molecule has 1 aromatic heterocycles. The zero-order valence-electron chi connectivity index (χ0n) is 18.8. The molecule has 0 saturated carbocycles. The number of anilines is 3. The summed E-state index contributed by atoms with van der Waals surface area (Å²) in [5.41, 5.74) is 1.47. The molecule has 35 heavy (non-hydrogen) atoms. The fourth-order valence-electron chi connectivity index (χ4n) is 3.40. The van der Waals surface area contributed by atoms with Gasteiger partial charge in [-0.2, -0.15) is 13.5 Å². The second-order valence-electron chi connectivity index (χ2n) is 7.72. The zero-order chi connectivity index (χ0) is 24.2. The van der Waals surface area contributed by atoms with Crippen molar-refractivity contribution in [1.29, 1.82) is 0 Å². The topological polar surface area (TPSA) is 88.6 Å². The fourth-order valence-corrected chi connectivity index (χ4v) is 3.63. The lowest BCUT2D eigenvalue weighted by Gasteiger charge is -2.32. The second kappa shape index (κ2) is 11.9. The van der Waals surface area contributed by atoms with Gasteiger partial charge in [-0.3, -0.25) is 9.69 Å². The summed E-state index contributed by atoms with van der Waals surface area (Å²) in [6.07, 6.45) is 1.39. The van der Waals surface area contributed by atoms with Gasteiger partial charge in [0.25, 0.3) is 5.91 Å². The third-order valence-corrected chi connectivity index (χ3v) is 5.83. The quantitative estimate of drug-likeness (QED) is 0.421. The Morgan fingerprint density at radius 1 is 1.34 bits per heavy atom. The highest BCUT2D eigenvalue weighted by Crippen LogP contribution is 2.34. The average molecular weight is 540 g/mol. The molecular weight excluding hydrogens is 516 g/mol. The van der Waals surface area contributed by atoms with E-state index in [4.69, 9.17) is 32.7 Å². The van der Waals surface area contributed by atoms with E-state index in [9.17, 15) is 9.18 Å². The van der Waals surface area contributed by atoms with Crippen LogP contribution in [0, 0.1) is 5.82 Å². The van der Waals surface area contributed by atoms with Crippen molar-refractivity contribution in [1.82, 2.24) is 14.9 Å². The Morgan fingerprint density at radius 3 is 2.86 bits per heavy atom. The minimum absolute atomic E-state index is 0. The number of carbonyl (C=O) groups is 1. The smallest absolute Gasteiger partial charge is 0.266 e. The van der Waals surface area contributed by atoms with Gasteiger partial charge in [0.15, 0.2) is 0 Å². The molecule has 1 aliphatic rings. The Morgan fingerprint density at radius 2 is 2.14 bits per heavy atom. The van der Waals surface area contributed by atoms with E-state index in [0.717, 1.165) is 6.54 Å². The van der Waals surface area contributed by atoms with Gasteiger partial charge in [0.05, 0.1) is 40.5 Å². The van der Waals surface area contributed by atoms with E-state index in [1.807, 2.05) is 7.05 Å². The number of morpholine rings is 1. The number of halogens is 3. The standard InChI is InChI=1S/C23H22Cl2FN5O3.H2S/c1-13(24)23(32)30-20-8-16-19(9-21(20)34-11-15-10-33-6-5-31(15)2)27-12-28-22(16)29-14-3-4-18(26)17(25)7-14;/h3-4,7-9,12,15H,1,5-6,10-11H2,2H3,(H,30,32)(H,27,28,29);1H2/t15-;/m0./s1. The first-order valence-electron chi connectivity index (χ1n) is 10.4. The van der Waals surface area contributed by atoms with Gasteiger partial charge in [-0.15, -0.1) is 0 Å². The van der Waals surface area contributed by atoms with Crippen LogP contribution in [0.2, 0.25) is 5.02 Å². The number of benzene rings is 2. The van der Waals surface area contributed by atoms with Crippen molar-refractivity contribution in [2.75, 3.05) is 44.0 Å². The normalized spacial score (nSPS) is 15.8. The van der Waals surface area contributed by atoms with E-state index in [0.29, 0.717) is 53.7 Å². The summed E-state index contributed by atoms with van der Waals surface area (Å²) in [6, 6.07) is 7.68. The molecular formula is C23H24Cl2FN5O3S. The van der Waals surface area contributed by atoms with E-state index in [-0.39, 0.29) is 29.6 Å². The minimum Gasteiger partial charge on any atom is -0.490 e. The number of aromatic nitrogens is 2. The van der Waals surface area contributed by atoms with Gasteiger partial charge in [-0.1, -0.05) is 29.8 Å². The van der Waals surface area contributed by atoms with Crippen molar-refractivity contribution < 1.29 is 18.7 Å². The van der Waals surface area contributed by atoms with Crippen molar-refractivity contribution >= 4 is 70.7 Å². The third-order valence-electron chi connectivity index (χ3n) is 5.37. The first kappa shape index (κ1) is 27.0. The van der Waals surface area contributed by atoms with Crippen LogP contribution < -0.4 is 15.4 Å². The predicted octanol–water partition coefficient (Wildman–Crippen LogP) is 4.68. The molecule has 1 fully saturated rings. The maximum Gasteiger partial charge on any atom is 0.266 e. The molecule has 1 atom stereocenters. The molecule has 0 unspecified atom stereocenters. The minimum atomic E-state index is -0.569. The number of hydrogen-bond acceptors (Lipinski definition) is 7. The van der Waals surface area contributed by atoms with E-state index < -0.39 is 11.7 Å². The lowest BCUT2D eigenvalue weighted by atomic mass is 10.1. The summed E-state index contributed by atoms with van der Waals surface area (Å²) in [7, 11) is 2.00. The largest absolute Gasteiger partial charge is 0.490 e. The number of ether oxygens (including phenoxy) is 2. The first-order chi connectivity index (χ1) is 16.3. The molecule has 2 heterocycles. The van der Waals surface area contributed by atoms with Crippen LogP contribution in [-0.2, 0) is 9.53 Å². The molecule has 2 N–H and O–H groups in total. The number of fused-ring (bicyclic) bond motifs is 1. The molecule has 0 spiro atoms. The maximum absolute atomic E-state index is 13.5. The number of carbonyl (C=O) groups excluding carboxylic acids is 1. The number of likely N-dealkylation sites (N-methyl/N-ethyl adjacent to an activating group) is 1. The highest BCUT2D eigenvalue weighted by atomic mass is 35.5. The average Bonchev–Trinajstić information content (AvgIpc) is 2.81. The summed E-state index contributed by atoms with van der Waals surface area (Å²) in [5, 5.41) is 6.21. The van der Waals surface area contributed by atoms with Crippen molar-refractivity contribution in [3.63, 3.8) is 0 Å². The fraction of sp³-hybridized carbons (Fsp3) is 0.261. The van der Waals surface area contributed by atoms with Crippen LogP contribution in [-0.4, -0.2) is 60.2 Å². The number of amides is 1. The van der Waals surface area contributed by atoms with Crippen LogP contribution in [0.4, 0.5) is 21.6 Å². The van der Waals surface area contributed by atoms with Gasteiger partial charge in [-0.05, 0) is 31.3 Å². The van der Waals surface area contributed by atoms with Crippen molar-refractivity contribution in [3.05, 3.63) is 59.1 Å². The Bertz CT molecular complexity index is 1250. The molecule has 0 bridgehead atoms. The Labute approximate surface area is 218 Å². The SMILES string of the molecule is C=C(Cl)C(=O)Nc1cc2c(Nc3ccc(F)c(Cl)c3)ncnc2cc1OC[C@@H]1COCCN1C.S. The molecule has 4 rings (SSSR count). The maximum atomic E-state index is 13.5. The molecule has 2 aromatic carbocycles. The number of rotatable bonds is 7. The summed E-state index contributed by atoms with van der Waals surface area (Å²) in [4.78, 5) is 23.1. The molecule has 8 nitrogen and oxygen atoms in total. The van der Waals surface area contributed by atoms with E-state index in [1.165, 1.54) is 24.5 Å². The van der Waals surface area contributed by atoms with Gasteiger partial charge in [0.1, 0.15) is 30.3 Å². The molecule has 186 valence electrons. The Hall–Kier alpha value is -2.63. The van der Waals surface area contributed by atoms with Crippen LogP contribution in [0.25, 0.3) is 10.9 Å². The van der Waals surface area contributed by atoms with Crippen molar-refractivity contribution in [2.45, 2.75) is 6.04 Å². The van der Waals surface area contributed by atoms with Gasteiger partial charge >= 0.3 is 0 Å². The van der Waals surface area contributed by atoms with Crippen molar-refractivity contribution in [3.8, 4) is 5.75 Å². The van der Waals surface area contributed by atoms with Gasteiger partial charge in [-0.25, -0.2) is 14.4 Å². The van der Waals surface area contributed by atoms with Crippen LogP contribution in [0.5, 0.6) is 5.75 Å². The summed E-state index contributed by atoms with van der Waals surface area (Å²) < 4.78 is 25.2.